The van der Waals surface area contributed by atoms with Crippen molar-refractivity contribution in [1.29, 1.82) is 0 Å². The minimum absolute atomic E-state index is 0.0949. The van der Waals surface area contributed by atoms with Crippen LogP contribution in [0.15, 0.2) is 12.4 Å². The molecular formula is C14H25N3O. The molecule has 0 saturated heterocycles. The fourth-order valence-corrected chi connectivity index (χ4v) is 2.95. The standard InChI is InChI=1S/C14H25N3O/c1-12(13-15-8-9-17(13)2)16-10-14(11-18)6-4-3-5-7-14/h8-9,12,16,18H,3-7,10-11H2,1-2H3. The Hall–Kier alpha value is -0.870. The number of imidazole rings is 1. The van der Waals surface area contributed by atoms with E-state index in [0.717, 1.165) is 25.2 Å². The van der Waals surface area contributed by atoms with Crippen LogP contribution in [0.5, 0.6) is 0 Å². The van der Waals surface area contributed by atoms with Gasteiger partial charge >= 0.3 is 0 Å². The summed E-state index contributed by atoms with van der Waals surface area (Å²) in [5.74, 6) is 1.05. The van der Waals surface area contributed by atoms with Crippen LogP contribution in [-0.2, 0) is 7.05 Å². The third-order valence-corrected chi connectivity index (χ3v) is 4.28. The average Bonchev–Trinajstić information content (AvgIpc) is 2.83. The third kappa shape index (κ3) is 2.93. The van der Waals surface area contributed by atoms with Gasteiger partial charge in [0, 0.05) is 38.0 Å². The minimum atomic E-state index is 0.0949. The molecule has 1 heterocycles. The maximum atomic E-state index is 9.68. The van der Waals surface area contributed by atoms with Crippen LogP contribution in [0.4, 0.5) is 0 Å². The molecule has 1 aromatic rings. The van der Waals surface area contributed by atoms with Gasteiger partial charge in [0.25, 0.3) is 0 Å². The maximum Gasteiger partial charge on any atom is 0.125 e. The van der Waals surface area contributed by atoms with E-state index in [0.29, 0.717) is 6.61 Å². The molecular weight excluding hydrogens is 226 g/mol. The predicted molar refractivity (Wildman–Crippen MR) is 72.2 cm³/mol. The Kier molecular flexibility index (Phi) is 4.40. The van der Waals surface area contributed by atoms with Crippen LogP contribution in [-0.4, -0.2) is 27.8 Å². The van der Waals surface area contributed by atoms with Crippen LogP contribution in [0.25, 0.3) is 0 Å². The van der Waals surface area contributed by atoms with Crippen molar-refractivity contribution >= 4 is 0 Å². The molecule has 1 fully saturated rings. The van der Waals surface area contributed by atoms with E-state index in [4.69, 9.17) is 0 Å². The Balaban J connectivity index is 1.92. The molecule has 4 nitrogen and oxygen atoms in total. The normalized spacial score (nSPS) is 20.8. The number of aromatic nitrogens is 2. The van der Waals surface area contributed by atoms with E-state index >= 15 is 0 Å². The number of nitrogens with zero attached hydrogens (tertiary/aromatic N) is 2. The third-order valence-electron chi connectivity index (χ3n) is 4.28. The average molecular weight is 251 g/mol. The lowest BCUT2D eigenvalue weighted by Crippen LogP contribution is -2.40. The molecule has 1 unspecified atom stereocenters. The lowest BCUT2D eigenvalue weighted by molar-refractivity contribution is 0.0785. The number of aliphatic hydroxyl groups excluding tert-OH is 1. The Labute approximate surface area is 109 Å². The maximum absolute atomic E-state index is 9.68. The number of aliphatic hydroxyl groups is 1. The molecule has 1 aromatic heterocycles. The minimum Gasteiger partial charge on any atom is -0.396 e. The van der Waals surface area contributed by atoms with E-state index in [1.807, 2.05) is 24.0 Å². The van der Waals surface area contributed by atoms with Gasteiger partial charge in [-0.05, 0) is 19.8 Å². The van der Waals surface area contributed by atoms with E-state index in [1.165, 1.54) is 19.3 Å². The van der Waals surface area contributed by atoms with E-state index < -0.39 is 0 Å². The molecule has 2 rings (SSSR count). The van der Waals surface area contributed by atoms with Crippen LogP contribution < -0.4 is 5.32 Å². The monoisotopic (exact) mass is 251 g/mol. The van der Waals surface area contributed by atoms with Gasteiger partial charge < -0.3 is 15.0 Å². The SMILES string of the molecule is CC(NCC1(CO)CCCCC1)c1nccn1C. The van der Waals surface area contributed by atoms with Crippen molar-refractivity contribution in [3.05, 3.63) is 18.2 Å². The van der Waals surface area contributed by atoms with Crippen molar-refractivity contribution in [3.63, 3.8) is 0 Å². The molecule has 0 aromatic carbocycles. The first kappa shape index (κ1) is 13.6. The molecule has 102 valence electrons. The van der Waals surface area contributed by atoms with Crippen molar-refractivity contribution in [2.45, 2.75) is 45.1 Å². The first-order valence-electron chi connectivity index (χ1n) is 6.98. The van der Waals surface area contributed by atoms with Crippen LogP contribution in [0.1, 0.15) is 50.9 Å². The molecule has 4 heteroatoms. The van der Waals surface area contributed by atoms with E-state index in [-0.39, 0.29) is 11.5 Å². The van der Waals surface area contributed by atoms with Crippen molar-refractivity contribution < 1.29 is 5.11 Å². The zero-order valence-electron chi connectivity index (χ0n) is 11.5. The summed E-state index contributed by atoms with van der Waals surface area (Å²) < 4.78 is 2.05. The Morgan fingerprint density at radius 2 is 2.17 bits per heavy atom. The summed E-state index contributed by atoms with van der Waals surface area (Å²) in [7, 11) is 2.02. The lowest BCUT2D eigenvalue weighted by Gasteiger charge is -2.36. The van der Waals surface area contributed by atoms with Gasteiger partial charge in [-0.25, -0.2) is 4.98 Å². The molecule has 0 amide bonds. The lowest BCUT2D eigenvalue weighted by atomic mass is 9.74. The molecule has 0 bridgehead atoms. The summed E-state index contributed by atoms with van der Waals surface area (Å²) in [5, 5.41) is 13.2. The fraction of sp³-hybridized carbons (Fsp3) is 0.786. The van der Waals surface area contributed by atoms with Gasteiger partial charge in [0.2, 0.25) is 0 Å². The summed E-state index contributed by atoms with van der Waals surface area (Å²) >= 11 is 0. The van der Waals surface area contributed by atoms with Crippen molar-refractivity contribution in [3.8, 4) is 0 Å². The molecule has 0 radical (unpaired) electrons. The quantitative estimate of drug-likeness (QED) is 0.841. The van der Waals surface area contributed by atoms with Gasteiger partial charge in [-0.15, -0.1) is 0 Å². The smallest absolute Gasteiger partial charge is 0.125 e. The van der Waals surface area contributed by atoms with Gasteiger partial charge in [-0.1, -0.05) is 19.3 Å². The highest BCUT2D eigenvalue weighted by Gasteiger charge is 2.31. The number of rotatable bonds is 5. The van der Waals surface area contributed by atoms with E-state index in [1.54, 1.807) is 0 Å². The van der Waals surface area contributed by atoms with Gasteiger partial charge in [-0.2, -0.15) is 0 Å². The van der Waals surface area contributed by atoms with Crippen LogP contribution in [0.3, 0.4) is 0 Å². The molecule has 0 spiro atoms. The highest BCUT2D eigenvalue weighted by molar-refractivity contribution is 4.98. The summed E-state index contributed by atoms with van der Waals surface area (Å²) in [4.78, 5) is 4.37. The second-order valence-corrected chi connectivity index (χ2v) is 5.72. The first-order valence-corrected chi connectivity index (χ1v) is 6.98. The molecule has 1 saturated carbocycles. The molecule has 0 aliphatic heterocycles. The van der Waals surface area contributed by atoms with Crippen LogP contribution in [0.2, 0.25) is 0 Å². The Bertz CT molecular complexity index is 369. The summed E-state index contributed by atoms with van der Waals surface area (Å²) in [5.41, 5.74) is 0.0949. The second-order valence-electron chi connectivity index (χ2n) is 5.72. The molecule has 2 N–H and O–H groups in total. The van der Waals surface area contributed by atoms with Crippen molar-refractivity contribution in [2.75, 3.05) is 13.2 Å². The molecule has 1 aliphatic carbocycles. The zero-order chi connectivity index (χ0) is 13.0. The van der Waals surface area contributed by atoms with Gasteiger partial charge in [-0.3, -0.25) is 0 Å². The van der Waals surface area contributed by atoms with E-state index in [2.05, 4.69) is 17.2 Å². The number of nitrogens with one attached hydrogen (secondary N) is 1. The molecule has 18 heavy (non-hydrogen) atoms. The molecule has 1 atom stereocenters. The number of aryl methyl sites for hydroxylation is 1. The fourth-order valence-electron chi connectivity index (χ4n) is 2.95. The summed E-state index contributed by atoms with van der Waals surface area (Å²) in [6.45, 7) is 3.32. The van der Waals surface area contributed by atoms with Crippen molar-refractivity contribution in [1.82, 2.24) is 14.9 Å². The van der Waals surface area contributed by atoms with Crippen LogP contribution in [0, 0.1) is 5.41 Å². The number of hydrogen-bond donors (Lipinski definition) is 2. The highest BCUT2D eigenvalue weighted by Crippen LogP contribution is 2.35. The van der Waals surface area contributed by atoms with Gasteiger partial charge in [0.15, 0.2) is 0 Å². The second kappa shape index (κ2) is 5.85. The number of hydrogen-bond acceptors (Lipinski definition) is 3. The van der Waals surface area contributed by atoms with Crippen molar-refractivity contribution in [2.24, 2.45) is 12.5 Å². The molecule has 1 aliphatic rings. The predicted octanol–water partition coefficient (Wildman–Crippen LogP) is 2.01. The topological polar surface area (TPSA) is 50.1 Å². The van der Waals surface area contributed by atoms with Crippen LogP contribution >= 0.6 is 0 Å². The van der Waals surface area contributed by atoms with Gasteiger partial charge in [0.1, 0.15) is 5.82 Å². The Morgan fingerprint density at radius 1 is 1.44 bits per heavy atom. The summed E-state index contributed by atoms with van der Waals surface area (Å²) in [6.07, 6.45) is 9.90. The summed E-state index contributed by atoms with van der Waals surface area (Å²) in [6, 6.07) is 0.232. The Morgan fingerprint density at radius 3 is 2.72 bits per heavy atom. The van der Waals surface area contributed by atoms with Gasteiger partial charge in [0.05, 0.1) is 6.04 Å². The first-order chi connectivity index (χ1) is 8.67. The highest BCUT2D eigenvalue weighted by atomic mass is 16.3. The zero-order valence-corrected chi connectivity index (χ0v) is 11.5. The largest absolute Gasteiger partial charge is 0.396 e. The van der Waals surface area contributed by atoms with E-state index in [9.17, 15) is 5.11 Å².